The normalized spacial score (nSPS) is 13.6. The third-order valence-corrected chi connectivity index (χ3v) is 15.3. The summed E-state index contributed by atoms with van der Waals surface area (Å²) >= 11 is 0. The molecule has 0 atom stereocenters. The van der Waals surface area contributed by atoms with Crippen molar-refractivity contribution in [2.45, 2.75) is 5.04 Å². The van der Waals surface area contributed by atoms with Crippen molar-refractivity contribution >= 4 is 45.6 Å². The SMILES string of the molecule is c1ccc(C2([Si](c3ccccc3)(c3ccccc3)c3cccc4c3oc3ccccc34)c3ccccc3Oc3ccccc32)cc1. The zero-order valence-corrected chi connectivity index (χ0v) is 26.1. The molecule has 0 N–H and O–H groups in total. The minimum atomic E-state index is -3.32. The Balaban J connectivity index is 1.61. The van der Waals surface area contributed by atoms with E-state index < -0.39 is 13.1 Å². The standard InChI is InChI=1S/C43H30O2Si/c1-4-17-31(18-5-1)43(36-25-11-14-28-39(36)44-40-29-15-12-26-37(40)43)46(32-19-6-2-7-20-32,33-21-8-3-9-22-33)41-30-16-24-35-34-23-10-13-27-38(34)45-42(35)41/h1-30H. The molecule has 2 nitrogen and oxygen atoms in total. The number of furan rings is 1. The highest BCUT2D eigenvalue weighted by Crippen LogP contribution is 2.56. The third-order valence-electron chi connectivity index (χ3n) is 9.79. The Kier molecular flexibility index (Phi) is 6.09. The van der Waals surface area contributed by atoms with Gasteiger partial charge in [-0.1, -0.05) is 164 Å². The fourth-order valence-electron chi connectivity index (χ4n) is 8.15. The van der Waals surface area contributed by atoms with Gasteiger partial charge in [0.25, 0.3) is 0 Å². The molecule has 9 rings (SSSR count). The van der Waals surface area contributed by atoms with Crippen molar-refractivity contribution in [3.8, 4) is 11.5 Å². The molecular formula is C43H30O2Si. The van der Waals surface area contributed by atoms with Gasteiger partial charge in [-0.05, 0) is 39.3 Å². The Morgan fingerprint density at radius 2 is 0.913 bits per heavy atom. The number of para-hydroxylation sites is 4. The van der Waals surface area contributed by atoms with Crippen molar-refractivity contribution in [3.05, 3.63) is 199 Å². The Hall–Kier alpha value is -5.64. The average Bonchev–Trinajstić information content (AvgIpc) is 3.52. The molecule has 0 amide bonds. The van der Waals surface area contributed by atoms with E-state index in [1.54, 1.807) is 0 Å². The van der Waals surface area contributed by atoms with Gasteiger partial charge in [-0.15, -0.1) is 0 Å². The molecular weight excluding hydrogens is 577 g/mol. The largest absolute Gasteiger partial charge is 0.457 e. The van der Waals surface area contributed by atoms with Crippen LogP contribution in [0, 0.1) is 0 Å². The van der Waals surface area contributed by atoms with E-state index in [2.05, 4.69) is 182 Å². The summed E-state index contributed by atoms with van der Waals surface area (Å²) < 4.78 is 13.8. The molecule has 1 aliphatic rings. The van der Waals surface area contributed by atoms with Crippen LogP contribution >= 0.6 is 0 Å². The number of ether oxygens (including phenoxy) is 1. The van der Waals surface area contributed by atoms with Crippen LogP contribution in [0.2, 0.25) is 0 Å². The van der Waals surface area contributed by atoms with Crippen molar-refractivity contribution < 1.29 is 9.15 Å². The minimum absolute atomic E-state index is 0.657. The molecule has 46 heavy (non-hydrogen) atoms. The summed E-state index contributed by atoms with van der Waals surface area (Å²) in [6.45, 7) is 0. The fourth-order valence-corrected chi connectivity index (χ4v) is 14.4. The number of hydrogen-bond donors (Lipinski definition) is 0. The van der Waals surface area contributed by atoms with Crippen LogP contribution in [0.25, 0.3) is 21.9 Å². The summed E-state index contributed by atoms with van der Waals surface area (Å²) in [5.74, 6) is 1.76. The molecule has 0 bridgehead atoms. The third kappa shape index (κ3) is 3.58. The van der Waals surface area contributed by atoms with Crippen LogP contribution < -0.4 is 20.3 Å². The smallest absolute Gasteiger partial charge is 0.172 e. The van der Waals surface area contributed by atoms with Crippen LogP contribution in [-0.2, 0) is 5.04 Å². The van der Waals surface area contributed by atoms with Gasteiger partial charge in [-0.2, -0.15) is 0 Å². The second-order valence-electron chi connectivity index (χ2n) is 12.0. The van der Waals surface area contributed by atoms with Crippen molar-refractivity contribution in [2.24, 2.45) is 0 Å². The van der Waals surface area contributed by atoms with E-state index in [4.69, 9.17) is 9.15 Å². The van der Waals surface area contributed by atoms with Crippen LogP contribution in [0.4, 0.5) is 0 Å². The lowest BCUT2D eigenvalue weighted by Crippen LogP contribution is -2.79. The quantitative estimate of drug-likeness (QED) is 0.144. The Bertz CT molecular complexity index is 2260. The second-order valence-corrected chi connectivity index (χ2v) is 15.9. The Morgan fingerprint density at radius 1 is 0.413 bits per heavy atom. The van der Waals surface area contributed by atoms with Crippen molar-refractivity contribution in [1.29, 1.82) is 0 Å². The highest BCUT2D eigenvalue weighted by Gasteiger charge is 2.63. The van der Waals surface area contributed by atoms with Crippen LogP contribution in [0.3, 0.4) is 0 Å². The molecule has 0 saturated carbocycles. The predicted molar refractivity (Wildman–Crippen MR) is 191 cm³/mol. The molecule has 0 spiro atoms. The lowest BCUT2D eigenvalue weighted by Gasteiger charge is -2.53. The second kappa shape index (κ2) is 10.5. The fraction of sp³-hybridized carbons (Fsp3) is 0.0233. The van der Waals surface area contributed by atoms with Gasteiger partial charge < -0.3 is 9.15 Å². The Labute approximate surface area is 269 Å². The summed E-state index contributed by atoms with van der Waals surface area (Å²) in [6.07, 6.45) is 0. The molecule has 0 fully saturated rings. The van der Waals surface area contributed by atoms with Crippen molar-refractivity contribution in [2.75, 3.05) is 0 Å². The van der Waals surface area contributed by atoms with Gasteiger partial charge in [0.15, 0.2) is 8.07 Å². The van der Waals surface area contributed by atoms with Crippen LogP contribution in [0.15, 0.2) is 186 Å². The molecule has 3 heteroatoms. The van der Waals surface area contributed by atoms with Crippen LogP contribution in [-0.4, -0.2) is 8.07 Å². The van der Waals surface area contributed by atoms with E-state index in [1.165, 1.54) is 21.1 Å². The minimum Gasteiger partial charge on any atom is -0.457 e. The lowest BCUT2D eigenvalue weighted by molar-refractivity contribution is 0.444. The first-order valence-electron chi connectivity index (χ1n) is 15.8. The van der Waals surface area contributed by atoms with E-state index in [0.717, 1.165) is 44.6 Å². The summed E-state index contributed by atoms with van der Waals surface area (Å²) in [7, 11) is -3.32. The van der Waals surface area contributed by atoms with Crippen molar-refractivity contribution in [1.82, 2.24) is 0 Å². The van der Waals surface area contributed by atoms with E-state index in [1.807, 2.05) is 0 Å². The molecule has 0 aliphatic carbocycles. The van der Waals surface area contributed by atoms with E-state index in [9.17, 15) is 0 Å². The summed E-state index contributed by atoms with van der Waals surface area (Å²) in [6, 6.07) is 65.9. The first-order valence-corrected chi connectivity index (χ1v) is 17.8. The number of hydrogen-bond acceptors (Lipinski definition) is 2. The number of fused-ring (bicyclic) bond motifs is 5. The zero-order chi connectivity index (χ0) is 30.6. The molecule has 0 unspecified atom stereocenters. The first kappa shape index (κ1) is 26.7. The predicted octanol–water partition coefficient (Wildman–Crippen LogP) is 8.74. The molecule has 0 radical (unpaired) electrons. The van der Waals surface area contributed by atoms with E-state index in [-0.39, 0.29) is 0 Å². The van der Waals surface area contributed by atoms with Gasteiger partial charge in [0.2, 0.25) is 0 Å². The Morgan fingerprint density at radius 3 is 1.54 bits per heavy atom. The highest BCUT2D eigenvalue weighted by molar-refractivity contribution is 7.15. The summed E-state index contributed by atoms with van der Waals surface area (Å²) in [5.41, 5.74) is 5.39. The maximum atomic E-state index is 6.98. The monoisotopic (exact) mass is 606 g/mol. The van der Waals surface area contributed by atoms with Crippen LogP contribution in [0.5, 0.6) is 11.5 Å². The molecule has 7 aromatic carbocycles. The van der Waals surface area contributed by atoms with Crippen molar-refractivity contribution in [3.63, 3.8) is 0 Å². The van der Waals surface area contributed by atoms with Gasteiger partial charge in [-0.3, -0.25) is 0 Å². The summed E-state index contributed by atoms with van der Waals surface area (Å²) in [5, 5.41) is 5.43. The summed E-state index contributed by atoms with van der Waals surface area (Å²) in [4.78, 5) is 0. The van der Waals surface area contributed by atoms with E-state index in [0.29, 0.717) is 0 Å². The maximum absolute atomic E-state index is 6.98. The maximum Gasteiger partial charge on any atom is 0.172 e. The molecule has 2 heterocycles. The van der Waals surface area contributed by atoms with Gasteiger partial charge in [0.05, 0.1) is 5.04 Å². The first-order chi connectivity index (χ1) is 22.8. The van der Waals surface area contributed by atoms with Crippen LogP contribution in [0.1, 0.15) is 16.7 Å². The molecule has 8 aromatic rings. The topological polar surface area (TPSA) is 22.4 Å². The molecule has 1 aliphatic heterocycles. The van der Waals surface area contributed by atoms with Gasteiger partial charge in [0, 0.05) is 21.9 Å². The van der Waals surface area contributed by atoms with Gasteiger partial charge in [0.1, 0.15) is 22.7 Å². The average molecular weight is 607 g/mol. The van der Waals surface area contributed by atoms with Gasteiger partial charge in [-0.25, -0.2) is 0 Å². The molecule has 1 aromatic heterocycles. The highest BCUT2D eigenvalue weighted by atomic mass is 28.3. The lowest BCUT2D eigenvalue weighted by atomic mass is 9.81. The number of benzene rings is 7. The van der Waals surface area contributed by atoms with Gasteiger partial charge >= 0.3 is 0 Å². The zero-order valence-electron chi connectivity index (χ0n) is 25.1. The number of rotatable bonds is 5. The molecule has 0 saturated heterocycles. The van der Waals surface area contributed by atoms with E-state index >= 15 is 0 Å². The molecule has 218 valence electrons.